The van der Waals surface area contributed by atoms with Crippen molar-refractivity contribution in [3.8, 4) is 0 Å². The summed E-state index contributed by atoms with van der Waals surface area (Å²) < 4.78 is 1.82. The second-order valence-electron chi connectivity index (χ2n) is 8.22. The summed E-state index contributed by atoms with van der Waals surface area (Å²) in [7, 11) is 3.74. The van der Waals surface area contributed by atoms with Gasteiger partial charge >= 0.3 is 0 Å². The first-order valence-corrected chi connectivity index (χ1v) is 10.5. The number of hydrogen-bond acceptors (Lipinski definition) is 4. The Labute approximate surface area is 181 Å². The fraction of sp³-hybridized carbons (Fsp3) is 0.292. The van der Waals surface area contributed by atoms with Crippen LogP contribution in [-0.4, -0.2) is 59.7 Å². The number of para-hydroxylation sites is 2. The Bertz CT molecular complexity index is 1140. The lowest BCUT2D eigenvalue weighted by Crippen LogP contribution is -2.55. The molecule has 3 aromatic rings. The van der Waals surface area contributed by atoms with E-state index in [0.717, 1.165) is 22.5 Å². The number of carbonyl (C=O) groups excluding carboxylic acids is 2. The number of amides is 2. The van der Waals surface area contributed by atoms with Crippen LogP contribution in [0.3, 0.4) is 0 Å². The van der Waals surface area contributed by atoms with Crippen LogP contribution in [0.5, 0.6) is 0 Å². The minimum absolute atomic E-state index is 0.0719. The maximum atomic E-state index is 13.4. The van der Waals surface area contributed by atoms with Crippen LogP contribution in [-0.2, 0) is 17.8 Å². The van der Waals surface area contributed by atoms with Crippen LogP contribution >= 0.6 is 0 Å². The maximum absolute atomic E-state index is 13.4. The topological polar surface area (TPSA) is 61.7 Å². The number of anilines is 2. The average molecular weight is 415 g/mol. The second kappa shape index (κ2) is 7.58. The third-order valence-corrected chi connectivity index (χ3v) is 6.20. The van der Waals surface area contributed by atoms with Gasteiger partial charge in [-0.1, -0.05) is 42.5 Å². The Kier molecular flexibility index (Phi) is 4.73. The highest BCUT2D eigenvalue weighted by molar-refractivity contribution is 6.05. The van der Waals surface area contributed by atoms with Gasteiger partial charge in [-0.05, 0) is 24.1 Å². The zero-order chi connectivity index (χ0) is 21.5. The molecular weight excluding hydrogens is 390 g/mol. The van der Waals surface area contributed by atoms with Crippen LogP contribution in [0.4, 0.5) is 11.4 Å². The van der Waals surface area contributed by atoms with Crippen LogP contribution in [0.2, 0.25) is 0 Å². The lowest BCUT2D eigenvalue weighted by molar-refractivity contribution is -0.122. The molecule has 2 aliphatic rings. The predicted octanol–water partition coefficient (Wildman–Crippen LogP) is 2.41. The van der Waals surface area contributed by atoms with Gasteiger partial charge in [0, 0.05) is 38.9 Å². The molecule has 7 nitrogen and oxygen atoms in total. The van der Waals surface area contributed by atoms with Crippen molar-refractivity contribution in [2.75, 3.05) is 37.0 Å². The van der Waals surface area contributed by atoms with Gasteiger partial charge in [0.15, 0.2) is 5.69 Å². The Morgan fingerprint density at radius 3 is 2.45 bits per heavy atom. The molecule has 158 valence electrons. The molecule has 2 aromatic carbocycles. The van der Waals surface area contributed by atoms with Gasteiger partial charge in [-0.25, -0.2) is 0 Å². The fourth-order valence-electron chi connectivity index (χ4n) is 4.53. The Morgan fingerprint density at radius 1 is 0.968 bits per heavy atom. The first-order valence-electron chi connectivity index (χ1n) is 10.5. The average Bonchev–Trinajstić information content (AvgIpc) is 3.17. The molecule has 0 bridgehead atoms. The van der Waals surface area contributed by atoms with Crippen molar-refractivity contribution < 1.29 is 9.59 Å². The third kappa shape index (κ3) is 3.36. The second-order valence-corrected chi connectivity index (χ2v) is 8.22. The Hall–Kier alpha value is -3.61. The Balaban J connectivity index is 1.42. The van der Waals surface area contributed by atoms with Gasteiger partial charge in [0.25, 0.3) is 11.8 Å². The van der Waals surface area contributed by atoms with E-state index in [-0.39, 0.29) is 11.8 Å². The summed E-state index contributed by atoms with van der Waals surface area (Å²) in [5, 5.41) is 4.59. The minimum atomic E-state index is -0.553. The van der Waals surface area contributed by atoms with E-state index in [1.165, 1.54) is 0 Å². The summed E-state index contributed by atoms with van der Waals surface area (Å²) in [6, 6.07) is 17.3. The summed E-state index contributed by atoms with van der Waals surface area (Å²) in [5.41, 5.74) is 4.38. The smallest absolute Gasteiger partial charge is 0.275 e. The standard InChI is InChI=1S/C24H25N5O2/c1-26-16-21(23(30)27(2)20-11-7-6-10-19(20)26)29-13-12-18-15-28(25-22(18)24(29)31)14-17-8-4-3-5-9-17/h3-11,15,21H,12-14,16H2,1-2H3/t21-/m0/s1. The van der Waals surface area contributed by atoms with Crippen LogP contribution in [0, 0.1) is 0 Å². The van der Waals surface area contributed by atoms with Gasteiger partial charge < -0.3 is 14.7 Å². The molecule has 2 aliphatic heterocycles. The Morgan fingerprint density at radius 2 is 1.68 bits per heavy atom. The highest BCUT2D eigenvalue weighted by Crippen LogP contribution is 2.32. The van der Waals surface area contributed by atoms with Crippen LogP contribution in [0.15, 0.2) is 60.8 Å². The highest BCUT2D eigenvalue weighted by Gasteiger charge is 2.40. The van der Waals surface area contributed by atoms with E-state index in [1.807, 2.05) is 72.5 Å². The van der Waals surface area contributed by atoms with Crippen molar-refractivity contribution in [2.45, 2.75) is 19.0 Å². The van der Waals surface area contributed by atoms with Crippen molar-refractivity contribution >= 4 is 23.2 Å². The number of aromatic nitrogens is 2. The normalized spacial score (nSPS) is 18.6. The molecule has 5 rings (SSSR count). The number of fused-ring (bicyclic) bond motifs is 2. The van der Waals surface area contributed by atoms with Crippen molar-refractivity contribution in [2.24, 2.45) is 0 Å². The molecule has 0 saturated heterocycles. The summed E-state index contributed by atoms with van der Waals surface area (Å²) in [5.74, 6) is -0.239. The van der Waals surface area contributed by atoms with Crippen molar-refractivity contribution in [3.05, 3.63) is 77.6 Å². The molecule has 31 heavy (non-hydrogen) atoms. The molecule has 0 aliphatic carbocycles. The molecule has 1 atom stereocenters. The van der Waals surface area contributed by atoms with Gasteiger partial charge in [-0.2, -0.15) is 5.10 Å². The van der Waals surface area contributed by atoms with Gasteiger partial charge in [-0.3, -0.25) is 14.3 Å². The van der Waals surface area contributed by atoms with E-state index in [0.29, 0.717) is 31.7 Å². The predicted molar refractivity (Wildman–Crippen MR) is 119 cm³/mol. The van der Waals surface area contributed by atoms with E-state index in [4.69, 9.17) is 0 Å². The monoisotopic (exact) mass is 415 g/mol. The molecule has 0 radical (unpaired) electrons. The maximum Gasteiger partial charge on any atom is 0.275 e. The molecule has 7 heteroatoms. The van der Waals surface area contributed by atoms with Crippen molar-refractivity contribution in [1.29, 1.82) is 0 Å². The number of likely N-dealkylation sites (N-methyl/N-ethyl adjacent to an activating group) is 2. The van der Waals surface area contributed by atoms with Crippen LogP contribution in [0.1, 0.15) is 21.6 Å². The lowest BCUT2D eigenvalue weighted by Gasteiger charge is -2.34. The summed E-state index contributed by atoms with van der Waals surface area (Å²) in [6.45, 7) is 1.58. The van der Waals surface area contributed by atoms with Crippen molar-refractivity contribution in [3.63, 3.8) is 0 Å². The highest BCUT2D eigenvalue weighted by atomic mass is 16.2. The molecule has 0 N–H and O–H groups in total. The summed E-state index contributed by atoms with van der Waals surface area (Å²) in [4.78, 5) is 32.1. The fourth-order valence-corrected chi connectivity index (χ4v) is 4.53. The van der Waals surface area contributed by atoms with Gasteiger partial charge in [0.05, 0.1) is 17.9 Å². The molecule has 3 heterocycles. The number of carbonyl (C=O) groups is 2. The first kappa shape index (κ1) is 19.4. The molecule has 0 saturated carbocycles. The van der Waals surface area contributed by atoms with E-state index in [9.17, 15) is 9.59 Å². The molecule has 0 unspecified atom stereocenters. The molecule has 1 aromatic heterocycles. The quantitative estimate of drug-likeness (QED) is 0.659. The molecular formula is C24H25N5O2. The first-order chi connectivity index (χ1) is 15.0. The van der Waals surface area contributed by atoms with E-state index in [1.54, 1.807) is 16.8 Å². The number of hydrogen-bond donors (Lipinski definition) is 0. The largest absolute Gasteiger partial charge is 0.370 e. The number of benzene rings is 2. The third-order valence-electron chi connectivity index (χ3n) is 6.20. The van der Waals surface area contributed by atoms with Gasteiger partial charge in [0.1, 0.15) is 6.04 Å². The molecule has 2 amide bonds. The van der Waals surface area contributed by atoms with Gasteiger partial charge in [0.2, 0.25) is 0 Å². The zero-order valence-corrected chi connectivity index (χ0v) is 17.7. The van der Waals surface area contributed by atoms with E-state index < -0.39 is 6.04 Å². The van der Waals surface area contributed by atoms with Crippen molar-refractivity contribution in [1.82, 2.24) is 14.7 Å². The van der Waals surface area contributed by atoms with Gasteiger partial charge in [-0.15, -0.1) is 0 Å². The number of nitrogens with zero attached hydrogens (tertiary/aromatic N) is 5. The molecule has 0 spiro atoms. The van der Waals surface area contributed by atoms with Crippen LogP contribution < -0.4 is 9.80 Å². The lowest BCUT2D eigenvalue weighted by atomic mass is 10.0. The minimum Gasteiger partial charge on any atom is -0.370 e. The summed E-state index contributed by atoms with van der Waals surface area (Å²) >= 11 is 0. The zero-order valence-electron chi connectivity index (χ0n) is 17.7. The SMILES string of the molecule is CN1C[C@H](N2CCc3cn(Cc4ccccc4)nc3C2=O)C(=O)N(C)c2ccccc21. The molecule has 0 fully saturated rings. The van der Waals surface area contributed by atoms with E-state index in [2.05, 4.69) is 10.00 Å². The van der Waals surface area contributed by atoms with Crippen LogP contribution in [0.25, 0.3) is 0 Å². The van der Waals surface area contributed by atoms with E-state index >= 15 is 0 Å². The number of rotatable bonds is 3. The summed E-state index contributed by atoms with van der Waals surface area (Å²) in [6.07, 6.45) is 2.65.